The van der Waals surface area contributed by atoms with Crippen LogP contribution in [0.5, 0.6) is 0 Å². The van der Waals surface area contributed by atoms with Crippen molar-refractivity contribution in [2.75, 3.05) is 13.1 Å². The Labute approximate surface area is 158 Å². The van der Waals surface area contributed by atoms with Gasteiger partial charge in [-0.1, -0.05) is 56.8 Å². The second-order valence-electron chi connectivity index (χ2n) is 7.36. The molecule has 2 aromatic carbocycles. The van der Waals surface area contributed by atoms with Gasteiger partial charge in [0.1, 0.15) is 5.82 Å². The predicted octanol–water partition coefficient (Wildman–Crippen LogP) is 4.87. The van der Waals surface area contributed by atoms with E-state index in [0.29, 0.717) is 24.4 Å². The number of hydrogen-bond acceptors (Lipinski definition) is 3. The molecule has 1 aliphatic rings. The lowest BCUT2D eigenvalue weighted by atomic mass is 9.86. The number of aliphatic imine (C=N–C) groups is 1. The van der Waals surface area contributed by atoms with Crippen molar-refractivity contribution in [3.8, 4) is 0 Å². The van der Waals surface area contributed by atoms with Crippen LogP contribution in [0, 0.1) is 5.82 Å². The summed E-state index contributed by atoms with van der Waals surface area (Å²) in [6.07, 6.45) is 0. The van der Waals surface area contributed by atoms with Crippen molar-refractivity contribution in [1.82, 2.24) is 4.90 Å². The number of thioether (sulfide) groups is 1. The van der Waals surface area contributed by atoms with Crippen molar-refractivity contribution >= 4 is 22.8 Å². The van der Waals surface area contributed by atoms with Crippen LogP contribution in [0.4, 0.5) is 4.39 Å². The van der Waals surface area contributed by atoms with Gasteiger partial charge in [0.15, 0.2) is 5.17 Å². The molecule has 1 aliphatic heterocycles. The van der Waals surface area contributed by atoms with Gasteiger partial charge in [-0.15, -0.1) is 0 Å². The van der Waals surface area contributed by atoms with E-state index in [2.05, 4.69) is 25.8 Å². The van der Waals surface area contributed by atoms with Crippen LogP contribution < -0.4 is 0 Å². The Hall–Kier alpha value is -2.14. The van der Waals surface area contributed by atoms with Gasteiger partial charge in [-0.2, -0.15) is 0 Å². The second kappa shape index (κ2) is 7.62. The van der Waals surface area contributed by atoms with Gasteiger partial charge in [0.05, 0.1) is 6.54 Å². The van der Waals surface area contributed by atoms with Crippen LogP contribution in [0.1, 0.15) is 42.3 Å². The highest BCUT2D eigenvalue weighted by Gasteiger charge is 2.25. The molecule has 136 valence electrons. The molecule has 26 heavy (non-hydrogen) atoms. The number of amides is 1. The zero-order valence-electron chi connectivity index (χ0n) is 15.3. The molecule has 0 radical (unpaired) electrons. The van der Waals surface area contributed by atoms with Crippen molar-refractivity contribution in [3.63, 3.8) is 0 Å². The lowest BCUT2D eigenvalue weighted by molar-refractivity contribution is 0.0860. The van der Waals surface area contributed by atoms with Gasteiger partial charge in [0.25, 0.3) is 5.91 Å². The summed E-state index contributed by atoms with van der Waals surface area (Å²) in [4.78, 5) is 19.1. The normalized spacial score (nSPS) is 14.5. The summed E-state index contributed by atoms with van der Waals surface area (Å²) in [6.45, 7) is 7.69. The molecular formula is C21H23FN2OS. The van der Waals surface area contributed by atoms with Crippen molar-refractivity contribution in [1.29, 1.82) is 0 Å². The first-order valence-corrected chi connectivity index (χ1v) is 9.67. The minimum absolute atomic E-state index is 0.0201. The number of halogens is 1. The third kappa shape index (κ3) is 4.33. The van der Waals surface area contributed by atoms with Gasteiger partial charge in [-0.3, -0.25) is 14.7 Å². The summed E-state index contributed by atoms with van der Waals surface area (Å²) >= 11 is 1.51. The maximum Gasteiger partial charge on any atom is 0.259 e. The molecule has 1 amide bonds. The summed E-state index contributed by atoms with van der Waals surface area (Å²) in [6, 6.07) is 14.2. The second-order valence-corrected chi connectivity index (χ2v) is 8.31. The van der Waals surface area contributed by atoms with E-state index in [-0.39, 0.29) is 17.1 Å². The van der Waals surface area contributed by atoms with Crippen LogP contribution in [0.2, 0.25) is 0 Å². The molecule has 3 rings (SSSR count). The number of carbonyl (C=O) groups excluding carboxylic acids is 1. The number of benzene rings is 2. The molecule has 0 atom stereocenters. The predicted molar refractivity (Wildman–Crippen MR) is 106 cm³/mol. The molecule has 1 heterocycles. The monoisotopic (exact) mass is 370 g/mol. The lowest BCUT2D eigenvalue weighted by Crippen LogP contribution is -2.32. The largest absolute Gasteiger partial charge is 0.286 e. The third-order valence-electron chi connectivity index (χ3n) is 4.33. The van der Waals surface area contributed by atoms with Gasteiger partial charge in [0.2, 0.25) is 0 Å². The molecule has 5 heteroatoms. The number of carbonyl (C=O) groups is 1. The first-order chi connectivity index (χ1) is 12.3. The van der Waals surface area contributed by atoms with Crippen LogP contribution in [0.15, 0.2) is 53.5 Å². The fraction of sp³-hybridized carbons (Fsp3) is 0.333. The Morgan fingerprint density at radius 3 is 2.38 bits per heavy atom. The summed E-state index contributed by atoms with van der Waals surface area (Å²) in [5.74, 6) is 0.395. The maximum absolute atomic E-state index is 13.0. The minimum atomic E-state index is -0.243. The summed E-state index contributed by atoms with van der Waals surface area (Å²) in [7, 11) is 0. The summed E-state index contributed by atoms with van der Waals surface area (Å²) < 4.78 is 13.0. The molecule has 0 spiro atoms. The average Bonchev–Trinajstić information content (AvgIpc) is 3.08. The average molecular weight is 370 g/mol. The van der Waals surface area contributed by atoms with Gasteiger partial charge in [0, 0.05) is 17.9 Å². The van der Waals surface area contributed by atoms with Crippen molar-refractivity contribution in [2.45, 2.75) is 31.9 Å². The molecule has 0 aliphatic carbocycles. The molecular weight excluding hydrogens is 347 g/mol. The summed E-state index contributed by atoms with van der Waals surface area (Å²) in [5.41, 5.74) is 2.95. The van der Waals surface area contributed by atoms with E-state index in [0.717, 1.165) is 10.7 Å². The smallest absolute Gasteiger partial charge is 0.259 e. The Morgan fingerprint density at radius 2 is 1.77 bits per heavy atom. The van der Waals surface area contributed by atoms with E-state index in [9.17, 15) is 9.18 Å². The van der Waals surface area contributed by atoms with Crippen molar-refractivity contribution < 1.29 is 9.18 Å². The standard InChI is InChI=1S/C21H23FN2OS/c1-21(2,3)17-8-6-16(7-9-17)19(25)24-13-12-23-20(24)26-14-15-4-10-18(22)11-5-15/h4-11H,12-14H2,1-3H3. The van der Waals surface area contributed by atoms with Gasteiger partial charge in [-0.25, -0.2) is 4.39 Å². The molecule has 0 N–H and O–H groups in total. The Bertz CT molecular complexity index is 807. The van der Waals surface area contributed by atoms with Crippen LogP contribution >= 0.6 is 11.8 Å². The van der Waals surface area contributed by atoms with Gasteiger partial charge >= 0.3 is 0 Å². The highest BCUT2D eigenvalue weighted by molar-refractivity contribution is 8.13. The van der Waals surface area contributed by atoms with Crippen molar-refractivity contribution in [2.24, 2.45) is 4.99 Å². The van der Waals surface area contributed by atoms with E-state index in [4.69, 9.17) is 0 Å². The van der Waals surface area contributed by atoms with Gasteiger partial charge < -0.3 is 0 Å². The number of nitrogens with zero attached hydrogens (tertiary/aromatic N) is 2. The molecule has 0 unspecified atom stereocenters. The SMILES string of the molecule is CC(C)(C)c1ccc(C(=O)N2CCN=C2SCc2ccc(F)cc2)cc1. The topological polar surface area (TPSA) is 32.7 Å². The lowest BCUT2D eigenvalue weighted by Gasteiger charge is -2.21. The Morgan fingerprint density at radius 1 is 1.12 bits per heavy atom. The van der Waals surface area contributed by atoms with Crippen LogP contribution in [0.3, 0.4) is 0 Å². The van der Waals surface area contributed by atoms with E-state index in [1.807, 2.05) is 24.3 Å². The first-order valence-electron chi connectivity index (χ1n) is 8.69. The zero-order chi connectivity index (χ0) is 18.7. The van der Waals surface area contributed by atoms with E-state index in [1.54, 1.807) is 17.0 Å². The minimum Gasteiger partial charge on any atom is -0.286 e. The molecule has 3 nitrogen and oxygen atoms in total. The highest BCUT2D eigenvalue weighted by atomic mass is 32.2. The molecule has 0 bridgehead atoms. The van der Waals surface area contributed by atoms with E-state index in [1.165, 1.54) is 29.5 Å². The molecule has 0 aromatic heterocycles. The Balaban J connectivity index is 1.67. The van der Waals surface area contributed by atoms with Gasteiger partial charge in [-0.05, 0) is 40.8 Å². The Kier molecular flexibility index (Phi) is 5.47. The summed E-state index contributed by atoms with van der Waals surface area (Å²) in [5, 5.41) is 0.735. The molecule has 2 aromatic rings. The zero-order valence-corrected chi connectivity index (χ0v) is 16.1. The number of hydrogen-bond donors (Lipinski definition) is 0. The maximum atomic E-state index is 13.0. The number of amidine groups is 1. The third-order valence-corrected chi connectivity index (χ3v) is 5.41. The van der Waals surface area contributed by atoms with Crippen LogP contribution in [0.25, 0.3) is 0 Å². The van der Waals surface area contributed by atoms with Crippen LogP contribution in [-0.4, -0.2) is 29.1 Å². The van der Waals surface area contributed by atoms with Crippen LogP contribution in [-0.2, 0) is 11.2 Å². The first kappa shape index (κ1) is 18.6. The van der Waals surface area contributed by atoms with E-state index < -0.39 is 0 Å². The molecule has 0 saturated heterocycles. The van der Waals surface area contributed by atoms with Crippen molar-refractivity contribution in [3.05, 3.63) is 71.0 Å². The quantitative estimate of drug-likeness (QED) is 0.772. The highest BCUT2D eigenvalue weighted by Crippen LogP contribution is 2.24. The molecule has 0 fully saturated rings. The fourth-order valence-electron chi connectivity index (χ4n) is 2.74. The number of rotatable bonds is 3. The molecule has 0 saturated carbocycles. The fourth-order valence-corrected chi connectivity index (χ4v) is 3.74. The van der Waals surface area contributed by atoms with E-state index >= 15 is 0 Å².